The molecule has 4 rings (SSSR count). The number of carbonyl (C=O) groups is 4. The number of benzene rings is 2. The van der Waals surface area contributed by atoms with Crippen LogP contribution in [0.3, 0.4) is 0 Å². The smallest absolute Gasteiger partial charge is 0.335 e. The van der Waals surface area contributed by atoms with Crippen LogP contribution >= 0.6 is 0 Å². The zero-order valence-electron chi connectivity index (χ0n) is 17.1. The number of hydrogen-bond donors (Lipinski definition) is 3. The number of carboxylic acid groups (broad SMARTS) is 3. The summed E-state index contributed by atoms with van der Waals surface area (Å²) in [6.45, 7) is 0.191. The number of pyridine rings is 2. The molecular formula is C24H14N2O8. The lowest BCUT2D eigenvalue weighted by atomic mass is 9.99. The van der Waals surface area contributed by atoms with Gasteiger partial charge in [0.25, 0.3) is 6.47 Å². The van der Waals surface area contributed by atoms with Crippen molar-refractivity contribution in [3.05, 3.63) is 77.6 Å². The molecule has 2 aromatic carbocycles. The molecule has 0 aliphatic heterocycles. The van der Waals surface area contributed by atoms with E-state index in [2.05, 4.69) is 9.97 Å². The van der Waals surface area contributed by atoms with Crippen LogP contribution < -0.4 is 4.74 Å². The Balaban J connectivity index is 1.84. The maximum Gasteiger partial charge on any atom is 0.335 e. The molecule has 0 saturated heterocycles. The molecule has 10 nitrogen and oxygen atoms in total. The van der Waals surface area contributed by atoms with Crippen molar-refractivity contribution in [2.75, 3.05) is 0 Å². The van der Waals surface area contributed by atoms with Gasteiger partial charge in [0.1, 0.15) is 5.75 Å². The molecule has 0 unspecified atom stereocenters. The number of hydrogen-bond acceptors (Lipinski definition) is 7. The fraction of sp³-hybridized carbons (Fsp3) is 0. The van der Waals surface area contributed by atoms with Gasteiger partial charge in [-0.05, 0) is 59.7 Å². The van der Waals surface area contributed by atoms with Crippen LogP contribution in [0.25, 0.3) is 33.3 Å². The van der Waals surface area contributed by atoms with Gasteiger partial charge in [-0.15, -0.1) is 0 Å². The van der Waals surface area contributed by atoms with Crippen molar-refractivity contribution in [2.24, 2.45) is 0 Å². The summed E-state index contributed by atoms with van der Waals surface area (Å²) in [4.78, 5) is 53.6. The van der Waals surface area contributed by atoms with E-state index in [0.717, 1.165) is 6.07 Å². The zero-order chi connectivity index (χ0) is 24.4. The molecule has 168 valence electrons. The SMILES string of the molecule is O=COc1cc(C(=O)O)cc(-c2cnc3ncc(-c4cc(C(=O)O)cc(C(=O)O)c4)cc3c2)c1. The Bertz CT molecular complexity index is 1460. The summed E-state index contributed by atoms with van der Waals surface area (Å²) in [6.07, 6.45) is 2.93. The highest BCUT2D eigenvalue weighted by molar-refractivity contribution is 5.97. The Morgan fingerprint density at radius 1 is 0.647 bits per heavy atom. The molecule has 0 bridgehead atoms. The number of carboxylic acids is 3. The molecule has 0 spiro atoms. The van der Waals surface area contributed by atoms with E-state index in [9.17, 15) is 34.5 Å². The summed E-state index contributed by atoms with van der Waals surface area (Å²) in [5, 5.41) is 28.5. The quantitative estimate of drug-likeness (QED) is 0.349. The van der Waals surface area contributed by atoms with Gasteiger partial charge in [0.05, 0.1) is 16.7 Å². The number of rotatable bonds is 7. The standard InChI is InChI=1S/C24H14N2O8/c27-11-34-20-7-13(3-17(8-20)24(32)33)19-5-14-4-18(9-25-21(14)26-10-19)12-1-15(22(28)29)6-16(2-12)23(30)31/h1-11H,(H,28,29)(H,30,31)(H,32,33). The molecule has 4 aromatic rings. The van der Waals surface area contributed by atoms with Crippen LogP contribution in [0.2, 0.25) is 0 Å². The van der Waals surface area contributed by atoms with Crippen LogP contribution in [0.15, 0.2) is 60.9 Å². The molecule has 0 aliphatic rings. The minimum Gasteiger partial charge on any atom is -0.478 e. The average molecular weight is 458 g/mol. The molecule has 0 fully saturated rings. The summed E-state index contributed by atoms with van der Waals surface area (Å²) < 4.78 is 4.81. The van der Waals surface area contributed by atoms with Crippen LogP contribution in [0, 0.1) is 0 Å². The largest absolute Gasteiger partial charge is 0.478 e. The fourth-order valence-electron chi connectivity index (χ4n) is 3.39. The normalized spacial score (nSPS) is 10.6. The lowest BCUT2D eigenvalue weighted by Crippen LogP contribution is -2.03. The van der Waals surface area contributed by atoms with Gasteiger partial charge < -0.3 is 20.1 Å². The fourth-order valence-corrected chi connectivity index (χ4v) is 3.39. The van der Waals surface area contributed by atoms with Crippen molar-refractivity contribution in [1.29, 1.82) is 0 Å². The molecule has 0 saturated carbocycles. The molecule has 0 radical (unpaired) electrons. The second-order valence-corrected chi connectivity index (χ2v) is 7.17. The first kappa shape index (κ1) is 22.1. The van der Waals surface area contributed by atoms with E-state index in [1.54, 1.807) is 12.1 Å². The van der Waals surface area contributed by atoms with Crippen LogP contribution in [0.5, 0.6) is 5.75 Å². The first-order valence-corrected chi connectivity index (χ1v) is 9.62. The van der Waals surface area contributed by atoms with Crippen LogP contribution in [0.1, 0.15) is 31.1 Å². The van der Waals surface area contributed by atoms with E-state index >= 15 is 0 Å². The summed E-state index contributed by atoms with van der Waals surface area (Å²) in [5.74, 6) is -3.70. The molecule has 0 atom stereocenters. The minimum atomic E-state index is -1.27. The van der Waals surface area contributed by atoms with Crippen molar-refractivity contribution in [3.8, 4) is 28.0 Å². The number of carbonyl (C=O) groups excluding carboxylic acids is 1. The van der Waals surface area contributed by atoms with E-state index in [0.29, 0.717) is 33.3 Å². The van der Waals surface area contributed by atoms with E-state index in [1.165, 1.54) is 42.7 Å². The number of ether oxygens (including phenoxy) is 1. The molecule has 2 aromatic heterocycles. The van der Waals surface area contributed by atoms with E-state index in [-0.39, 0.29) is 28.9 Å². The molecule has 0 aliphatic carbocycles. The van der Waals surface area contributed by atoms with Crippen molar-refractivity contribution in [1.82, 2.24) is 9.97 Å². The Morgan fingerprint density at radius 2 is 1.12 bits per heavy atom. The van der Waals surface area contributed by atoms with Gasteiger partial charge >= 0.3 is 17.9 Å². The predicted molar refractivity (Wildman–Crippen MR) is 118 cm³/mol. The van der Waals surface area contributed by atoms with Crippen LogP contribution in [-0.2, 0) is 4.79 Å². The summed E-state index contributed by atoms with van der Waals surface area (Å²) in [6, 6.07) is 11.2. The Morgan fingerprint density at radius 3 is 1.59 bits per heavy atom. The molecule has 3 N–H and O–H groups in total. The van der Waals surface area contributed by atoms with Crippen molar-refractivity contribution >= 4 is 35.4 Å². The second-order valence-electron chi connectivity index (χ2n) is 7.17. The highest BCUT2D eigenvalue weighted by Crippen LogP contribution is 2.30. The minimum absolute atomic E-state index is 0.0450. The monoisotopic (exact) mass is 458 g/mol. The van der Waals surface area contributed by atoms with E-state index in [1.807, 2.05) is 0 Å². The van der Waals surface area contributed by atoms with Crippen molar-refractivity contribution < 1.29 is 39.2 Å². The topological polar surface area (TPSA) is 164 Å². The van der Waals surface area contributed by atoms with Gasteiger partial charge in [0, 0.05) is 28.9 Å². The first-order valence-electron chi connectivity index (χ1n) is 9.62. The van der Waals surface area contributed by atoms with E-state index in [4.69, 9.17) is 4.74 Å². The molecule has 10 heteroatoms. The number of aromatic carboxylic acids is 3. The highest BCUT2D eigenvalue weighted by atomic mass is 16.5. The van der Waals surface area contributed by atoms with Gasteiger partial charge in [0.15, 0.2) is 5.65 Å². The van der Waals surface area contributed by atoms with Gasteiger partial charge in [0.2, 0.25) is 0 Å². The third kappa shape index (κ3) is 4.41. The third-order valence-corrected chi connectivity index (χ3v) is 4.96. The Kier molecular flexibility index (Phi) is 5.71. The van der Waals surface area contributed by atoms with Crippen molar-refractivity contribution in [2.45, 2.75) is 0 Å². The number of fused-ring (bicyclic) bond motifs is 1. The van der Waals surface area contributed by atoms with Gasteiger partial charge in [-0.3, -0.25) is 4.79 Å². The summed E-state index contributed by atoms with van der Waals surface area (Å²) >= 11 is 0. The zero-order valence-corrected chi connectivity index (χ0v) is 17.1. The molecule has 0 amide bonds. The summed E-state index contributed by atoms with van der Waals surface area (Å²) in [7, 11) is 0. The van der Waals surface area contributed by atoms with E-state index < -0.39 is 17.9 Å². The Hall–Kier alpha value is -5.12. The van der Waals surface area contributed by atoms with Crippen LogP contribution in [-0.4, -0.2) is 49.7 Å². The lowest BCUT2D eigenvalue weighted by Gasteiger charge is -2.09. The average Bonchev–Trinajstić information content (AvgIpc) is 2.83. The number of aromatic nitrogens is 2. The Labute approximate surface area is 190 Å². The van der Waals surface area contributed by atoms with Gasteiger partial charge in [-0.25, -0.2) is 24.4 Å². The molecule has 2 heterocycles. The van der Waals surface area contributed by atoms with Crippen LogP contribution in [0.4, 0.5) is 0 Å². The highest BCUT2D eigenvalue weighted by Gasteiger charge is 2.14. The van der Waals surface area contributed by atoms with Gasteiger partial charge in [-0.2, -0.15) is 0 Å². The second kappa shape index (κ2) is 8.79. The summed E-state index contributed by atoms with van der Waals surface area (Å²) in [5.41, 5.74) is 1.64. The molecular weight excluding hydrogens is 444 g/mol. The maximum atomic E-state index is 11.5. The predicted octanol–water partition coefficient (Wildman–Crippen LogP) is 3.59. The van der Waals surface area contributed by atoms with Crippen molar-refractivity contribution in [3.63, 3.8) is 0 Å². The third-order valence-electron chi connectivity index (χ3n) is 4.96. The maximum absolute atomic E-state index is 11.5. The molecule has 34 heavy (non-hydrogen) atoms. The van der Waals surface area contributed by atoms with Gasteiger partial charge in [-0.1, -0.05) is 0 Å². The number of nitrogens with zero attached hydrogens (tertiary/aromatic N) is 2. The first-order chi connectivity index (χ1) is 16.2. The lowest BCUT2D eigenvalue weighted by molar-refractivity contribution is -0.120.